The molecule has 172 valence electrons. The van der Waals surface area contributed by atoms with E-state index in [-0.39, 0.29) is 18.0 Å². The van der Waals surface area contributed by atoms with Crippen LogP contribution in [0.5, 0.6) is 0 Å². The van der Waals surface area contributed by atoms with Crippen LogP contribution in [0.4, 0.5) is 14.5 Å². The molecular formula is C24H27ClF2N2O3. The minimum Gasteiger partial charge on any atom is -0.480 e. The second-order valence-corrected chi connectivity index (χ2v) is 8.66. The summed E-state index contributed by atoms with van der Waals surface area (Å²) in [5.41, 5.74) is 0.357. The Labute approximate surface area is 191 Å². The fraction of sp³-hybridized carbons (Fsp3) is 0.417. The number of rotatable bonds is 9. The minimum absolute atomic E-state index is 0.0712. The van der Waals surface area contributed by atoms with Crippen molar-refractivity contribution < 1.29 is 23.5 Å². The summed E-state index contributed by atoms with van der Waals surface area (Å²) in [7, 11) is 0. The Balaban J connectivity index is 1.62. The fourth-order valence-electron chi connectivity index (χ4n) is 4.10. The lowest BCUT2D eigenvalue weighted by Gasteiger charge is -2.25. The van der Waals surface area contributed by atoms with E-state index in [0.717, 1.165) is 49.8 Å². The van der Waals surface area contributed by atoms with Crippen molar-refractivity contribution in [3.8, 4) is 0 Å². The molecule has 0 spiro atoms. The van der Waals surface area contributed by atoms with Gasteiger partial charge in [0, 0.05) is 17.6 Å². The van der Waals surface area contributed by atoms with Crippen molar-refractivity contribution in [1.29, 1.82) is 0 Å². The zero-order chi connectivity index (χ0) is 23.1. The van der Waals surface area contributed by atoms with Crippen molar-refractivity contribution in [3.05, 3.63) is 64.2 Å². The molecule has 3 rings (SSSR count). The van der Waals surface area contributed by atoms with E-state index in [2.05, 4.69) is 10.6 Å². The molecule has 3 N–H and O–H groups in total. The highest BCUT2D eigenvalue weighted by Gasteiger charge is 2.27. The fourth-order valence-corrected chi connectivity index (χ4v) is 4.32. The summed E-state index contributed by atoms with van der Waals surface area (Å²) in [5.74, 6) is -3.62. The number of hydrogen-bond donors (Lipinski definition) is 3. The van der Waals surface area contributed by atoms with E-state index >= 15 is 0 Å². The molecule has 1 atom stereocenters. The summed E-state index contributed by atoms with van der Waals surface area (Å²) in [5, 5.41) is 15.2. The van der Waals surface area contributed by atoms with Crippen LogP contribution in [0.15, 0.2) is 36.4 Å². The average molecular weight is 465 g/mol. The molecule has 0 aliphatic heterocycles. The van der Waals surface area contributed by atoms with Crippen LogP contribution in [0.3, 0.4) is 0 Å². The maximum absolute atomic E-state index is 14.6. The zero-order valence-corrected chi connectivity index (χ0v) is 18.4. The van der Waals surface area contributed by atoms with Crippen LogP contribution in [0.25, 0.3) is 0 Å². The smallest absolute Gasteiger partial charge is 0.326 e. The van der Waals surface area contributed by atoms with Crippen molar-refractivity contribution in [1.82, 2.24) is 5.32 Å². The third-order valence-electron chi connectivity index (χ3n) is 5.82. The van der Waals surface area contributed by atoms with Crippen LogP contribution in [0.1, 0.15) is 54.4 Å². The topological polar surface area (TPSA) is 78.4 Å². The highest BCUT2D eigenvalue weighted by molar-refractivity contribution is 6.30. The van der Waals surface area contributed by atoms with Crippen LogP contribution in [0, 0.1) is 17.6 Å². The summed E-state index contributed by atoms with van der Waals surface area (Å²) < 4.78 is 29.1. The number of benzene rings is 2. The lowest BCUT2D eigenvalue weighted by molar-refractivity contribution is -0.139. The van der Waals surface area contributed by atoms with E-state index < -0.39 is 35.1 Å². The summed E-state index contributed by atoms with van der Waals surface area (Å²) >= 11 is 5.94. The molecule has 0 saturated heterocycles. The Bertz CT molecular complexity index is 964. The summed E-state index contributed by atoms with van der Waals surface area (Å²) in [4.78, 5) is 24.1. The number of aliphatic carboxylic acids is 1. The van der Waals surface area contributed by atoms with E-state index in [4.69, 9.17) is 11.6 Å². The molecule has 32 heavy (non-hydrogen) atoms. The number of carbonyl (C=O) groups excluding carboxylic acids is 1. The third kappa shape index (κ3) is 6.66. The molecule has 8 heteroatoms. The maximum atomic E-state index is 14.6. The molecule has 0 aromatic heterocycles. The van der Waals surface area contributed by atoms with Crippen molar-refractivity contribution in [2.75, 3.05) is 11.9 Å². The Morgan fingerprint density at radius 2 is 1.84 bits per heavy atom. The summed E-state index contributed by atoms with van der Waals surface area (Å²) in [6.45, 7) is 0.338. The van der Waals surface area contributed by atoms with Gasteiger partial charge in [-0.2, -0.15) is 0 Å². The Hall–Kier alpha value is -2.67. The van der Waals surface area contributed by atoms with E-state index in [9.17, 15) is 23.5 Å². The van der Waals surface area contributed by atoms with Gasteiger partial charge in [0.25, 0.3) is 5.91 Å². The first-order chi connectivity index (χ1) is 15.3. The molecule has 1 saturated carbocycles. The molecule has 1 aliphatic carbocycles. The van der Waals surface area contributed by atoms with Gasteiger partial charge < -0.3 is 15.7 Å². The molecular weight excluding hydrogens is 438 g/mol. The number of hydrogen-bond acceptors (Lipinski definition) is 3. The molecule has 1 aliphatic rings. The Kier molecular flexibility index (Phi) is 8.45. The zero-order valence-electron chi connectivity index (χ0n) is 17.7. The molecule has 0 unspecified atom stereocenters. The summed E-state index contributed by atoms with van der Waals surface area (Å²) in [6.07, 6.45) is 5.87. The molecule has 2 aromatic carbocycles. The van der Waals surface area contributed by atoms with Crippen LogP contribution in [-0.4, -0.2) is 29.6 Å². The molecule has 1 amide bonds. The first kappa shape index (κ1) is 24.0. The predicted octanol–water partition coefficient (Wildman–Crippen LogP) is 5.43. The second-order valence-electron chi connectivity index (χ2n) is 8.22. The molecule has 0 bridgehead atoms. The van der Waals surface area contributed by atoms with Gasteiger partial charge in [0.2, 0.25) is 0 Å². The van der Waals surface area contributed by atoms with Crippen LogP contribution in [0.2, 0.25) is 5.02 Å². The summed E-state index contributed by atoms with van der Waals surface area (Å²) in [6, 6.07) is 7.81. The van der Waals surface area contributed by atoms with E-state index in [1.54, 1.807) is 12.1 Å². The molecule has 2 aromatic rings. The largest absolute Gasteiger partial charge is 0.480 e. The van der Waals surface area contributed by atoms with Crippen LogP contribution < -0.4 is 10.6 Å². The second kappa shape index (κ2) is 11.3. The number of amides is 1. The van der Waals surface area contributed by atoms with Gasteiger partial charge in [0.1, 0.15) is 17.7 Å². The Morgan fingerprint density at radius 1 is 1.09 bits per heavy atom. The number of carbonyl (C=O) groups is 2. The first-order valence-electron chi connectivity index (χ1n) is 10.8. The standard InChI is InChI=1S/C24H27ClF2N2O3/c25-17-8-4-7-16(11-17)9-10-28-21-14-19(26)18(13-20(21)27)23(30)29-22(24(31)32)12-15-5-2-1-3-6-15/h4,7-8,11,13-15,22,28H,1-3,5-6,9-10,12H2,(H,29,30)(H,31,32)/t22-/m0/s1. The molecule has 0 heterocycles. The lowest BCUT2D eigenvalue weighted by atomic mass is 9.85. The number of nitrogens with one attached hydrogen (secondary N) is 2. The quantitative estimate of drug-likeness (QED) is 0.462. The average Bonchev–Trinajstić information content (AvgIpc) is 2.76. The minimum atomic E-state index is -1.18. The highest BCUT2D eigenvalue weighted by Crippen LogP contribution is 2.28. The normalized spacial score (nSPS) is 15.2. The van der Waals surface area contributed by atoms with Crippen molar-refractivity contribution in [2.45, 2.75) is 51.0 Å². The molecule has 1 fully saturated rings. The Morgan fingerprint density at radius 3 is 2.53 bits per heavy atom. The van der Waals surface area contributed by atoms with E-state index in [0.29, 0.717) is 18.0 Å². The van der Waals surface area contributed by atoms with Crippen molar-refractivity contribution >= 4 is 29.2 Å². The number of anilines is 1. The number of halogens is 3. The molecule has 0 radical (unpaired) electrons. The first-order valence-corrected chi connectivity index (χ1v) is 11.2. The van der Waals surface area contributed by atoms with Crippen molar-refractivity contribution in [3.63, 3.8) is 0 Å². The highest BCUT2D eigenvalue weighted by atomic mass is 35.5. The maximum Gasteiger partial charge on any atom is 0.326 e. The number of carboxylic acid groups (broad SMARTS) is 1. The van der Waals surface area contributed by atoms with Gasteiger partial charge in [-0.15, -0.1) is 0 Å². The SMILES string of the molecule is O=C(N[C@@H](CC1CCCCC1)C(=O)O)c1cc(F)c(NCCc2cccc(Cl)c2)cc1F. The molecule has 5 nitrogen and oxygen atoms in total. The van der Waals surface area contributed by atoms with Crippen molar-refractivity contribution in [2.24, 2.45) is 5.92 Å². The van der Waals surface area contributed by atoms with Gasteiger partial charge in [-0.25, -0.2) is 13.6 Å². The van der Waals surface area contributed by atoms with Crippen LogP contribution >= 0.6 is 11.6 Å². The van der Waals surface area contributed by atoms with E-state index in [1.807, 2.05) is 12.1 Å². The predicted molar refractivity (Wildman–Crippen MR) is 120 cm³/mol. The van der Waals surface area contributed by atoms with Gasteiger partial charge in [-0.3, -0.25) is 4.79 Å². The monoisotopic (exact) mass is 464 g/mol. The van der Waals surface area contributed by atoms with E-state index in [1.165, 1.54) is 0 Å². The van der Waals surface area contributed by atoms with Crippen LogP contribution in [-0.2, 0) is 11.2 Å². The van der Waals surface area contributed by atoms with Gasteiger partial charge in [-0.05, 0) is 42.5 Å². The number of carboxylic acids is 1. The lowest BCUT2D eigenvalue weighted by Crippen LogP contribution is -2.42. The third-order valence-corrected chi connectivity index (χ3v) is 6.05. The van der Waals surface area contributed by atoms with Gasteiger partial charge in [0.05, 0.1) is 11.3 Å². The van der Waals surface area contributed by atoms with Gasteiger partial charge in [0.15, 0.2) is 0 Å². The van der Waals surface area contributed by atoms with Gasteiger partial charge >= 0.3 is 5.97 Å². The van der Waals surface area contributed by atoms with Gasteiger partial charge in [-0.1, -0.05) is 55.8 Å².